The molecule has 5 aliphatic rings. The number of rotatable bonds is 14. The van der Waals surface area contributed by atoms with Gasteiger partial charge in [-0.15, -0.1) is 0 Å². The summed E-state index contributed by atoms with van der Waals surface area (Å²) in [6.45, 7) is 38.8. The molecule has 11 rings (SSSR count). The van der Waals surface area contributed by atoms with Crippen molar-refractivity contribution in [3.63, 3.8) is 0 Å². The van der Waals surface area contributed by atoms with Gasteiger partial charge in [-0.25, -0.2) is 0 Å². The topological polar surface area (TPSA) is 0 Å². The second-order valence-electron chi connectivity index (χ2n) is 24.1. The third kappa shape index (κ3) is 8.81. The molecule has 4 atom stereocenters. The van der Waals surface area contributed by atoms with E-state index in [2.05, 4.69) is 244 Å². The van der Waals surface area contributed by atoms with E-state index in [1.54, 1.807) is 30.5 Å². The normalized spacial score (nSPS) is 18.6. The van der Waals surface area contributed by atoms with Gasteiger partial charge in [0.25, 0.3) is 0 Å². The van der Waals surface area contributed by atoms with Crippen LogP contribution in [0.25, 0.3) is 44.5 Å². The van der Waals surface area contributed by atoms with Crippen molar-refractivity contribution in [3.05, 3.63) is 178 Å². The third-order valence-electron chi connectivity index (χ3n) is 17.1. The van der Waals surface area contributed by atoms with Gasteiger partial charge in [0, 0.05) is 0 Å². The Morgan fingerprint density at radius 3 is 0.557 bits per heavy atom. The van der Waals surface area contributed by atoms with E-state index in [9.17, 15) is 0 Å². The molecule has 0 radical (unpaired) electrons. The van der Waals surface area contributed by atoms with Crippen LogP contribution in [0.15, 0.2) is 133 Å². The average molecular weight is 1040 g/mol. The van der Waals surface area contributed by atoms with Crippen LogP contribution in [0.2, 0.25) is 17.9 Å². The minimum absolute atomic E-state index is 0.425. The van der Waals surface area contributed by atoms with Gasteiger partial charge in [-0.2, -0.15) is 0 Å². The molecule has 6 aromatic rings. The van der Waals surface area contributed by atoms with E-state index in [1.807, 2.05) is 0 Å². The first-order valence-corrected chi connectivity index (χ1v) is 35.6. The fourth-order valence-corrected chi connectivity index (χ4v) is 43.0. The van der Waals surface area contributed by atoms with Gasteiger partial charge in [-0.3, -0.25) is 0 Å². The van der Waals surface area contributed by atoms with Crippen molar-refractivity contribution < 1.29 is 0 Å². The maximum atomic E-state index is 2.84. The number of allylic oxidation sites excluding steroid dienone is 4. The average Bonchev–Trinajstić information content (AvgIpc) is 3.34. The van der Waals surface area contributed by atoms with Crippen molar-refractivity contribution in [1.29, 1.82) is 0 Å². The van der Waals surface area contributed by atoms with Crippen molar-refractivity contribution in [1.82, 2.24) is 0 Å². The number of benzene rings is 6. The Balaban J connectivity index is 1.37. The Morgan fingerprint density at radius 1 is 0.243 bits per heavy atom. The fraction of sp³-hybridized carbons (Fsp3) is 0.412. The van der Waals surface area contributed by atoms with Crippen LogP contribution in [0, 0.1) is 0 Å². The van der Waals surface area contributed by atoms with E-state index in [-0.39, 0.29) is 0 Å². The van der Waals surface area contributed by atoms with Crippen molar-refractivity contribution in [3.8, 4) is 44.5 Å². The molecule has 2 heteroatoms. The third-order valence-corrected chi connectivity index (χ3v) is 39.0. The van der Waals surface area contributed by atoms with Crippen LogP contribution < -0.4 is 8.24 Å². The first-order chi connectivity index (χ1) is 33.4. The predicted molar refractivity (Wildman–Crippen MR) is 311 cm³/mol. The molecule has 0 N–H and O–H groups in total. The van der Waals surface area contributed by atoms with Gasteiger partial charge in [-0.1, -0.05) is 0 Å². The summed E-state index contributed by atoms with van der Waals surface area (Å²) in [4.78, 5) is 0. The molecule has 1 saturated heterocycles. The molecule has 0 spiro atoms. The molecule has 4 bridgehead atoms. The Labute approximate surface area is 436 Å². The van der Waals surface area contributed by atoms with Crippen molar-refractivity contribution in [2.24, 2.45) is 0 Å². The molecule has 1 fully saturated rings. The number of hydrogen-bond acceptors (Lipinski definition) is 0. The molecule has 0 nitrogen and oxygen atoms in total. The van der Waals surface area contributed by atoms with E-state index in [0.717, 1.165) is 0 Å². The number of hydrogen-bond donors (Lipinski definition) is 0. The van der Waals surface area contributed by atoms with Gasteiger partial charge in [0.15, 0.2) is 0 Å². The zero-order valence-corrected chi connectivity index (χ0v) is 50.6. The molecule has 0 aromatic heterocycles. The second kappa shape index (κ2) is 20.5. The Hall–Kier alpha value is -3.93. The van der Waals surface area contributed by atoms with E-state index in [4.69, 9.17) is 0 Å². The van der Waals surface area contributed by atoms with Gasteiger partial charge < -0.3 is 0 Å². The van der Waals surface area contributed by atoms with Crippen LogP contribution in [-0.4, -0.2) is 32.4 Å². The summed E-state index contributed by atoms with van der Waals surface area (Å²) >= 11 is -5.16. The molecule has 0 saturated carbocycles. The summed E-state index contributed by atoms with van der Waals surface area (Å²) < 4.78 is 6.03. The molecule has 0 amide bonds. The van der Waals surface area contributed by atoms with E-state index in [1.165, 1.54) is 66.8 Å². The second-order valence-corrected chi connectivity index (χ2v) is 37.4. The molecular formula is C68H82Ga2. The van der Waals surface area contributed by atoms with Crippen LogP contribution in [-0.2, 0) is 0 Å². The van der Waals surface area contributed by atoms with Crippen LogP contribution in [0.4, 0.5) is 0 Å². The first-order valence-electron chi connectivity index (χ1n) is 27.6. The standard InChI is InChI=1S/2C30H37.C8H8.2Ga/c2*1-19(2)25-14-10-15-26(20(3)4)29(25)23-12-9-13-24(18-23)30-27(21(5)6)16-11-17-28(30)22(7)8;1-2-4-6-8-7-5-3-1;;/h2*9-17,19-22H,1-8H3;1-8H;;. The maximum absolute atomic E-state index is 2.84. The van der Waals surface area contributed by atoms with Crippen molar-refractivity contribution >= 4 is 40.7 Å². The zero-order valence-electron chi connectivity index (χ0n) is 45.8. The quantitative estimate of drug-likeness (QED) is 0.0753. The molecule has 360 valence electrons. The van der Waals surface area contributed by atoms with E-state index < -0.39 is 32.4 Å². The van der Waals surface area contributed by atoms with Crippen LogP contribution in [0.1, 0.15) is 203 Å². The molecule has 5 heterocycles. The molecular weight excluding hydrogens is 956 g/mol. The monoisotopic (exact) mass is 1040 g/mol. The zero-order chi connectivity index (χ0) is 50.0. The molecule has 4 unspecified atom stereocenters. The van der Waals surface area contributed by atoms with Crippen LogP contribution in [0.3, 0.4) is 0 Å². The summed E-state index contributed by atoms with van der Waals surface area (Å²) in [5.74, 6) is 3.40. The van der Waals surface area contributed by atoms with Gasteiger partial charge in [0.1, 0.15) is 0 Å². The predicted octanol–water partition coefficient (Wildman–Crippen LogP) is 19.1. The van der Waals surface area contributed by atoms with Crippen LogP contribution in [0.5, 0.6) is 0 Å². The Morgan fingerprint density at radius 2 is 0.400 bits per heavy atom. The van der Waals surface area contributed by atoms with Gasteiger partial charge >= 0.3 is 439 Å². The molecule has 70 heavy (non-hydrogen) atoms. The summed E-state index contributed by atoms with van der Waals surface area (Å²) in [6.07, 6.45) is 11.3. The summed E-state index contributed by atoms with van der Waals surface area (Å²) in [5, 5.41) is 0. The van der Waals surface area contributed by atoms with Crippen LogP contribution >= 0.6 is 0 Å². The van der Waals surface area contributed by atoms with E-state index >= 15 is 0 Å². The molecule has 6 aromatic carbocycles. The van der Waals surface area contributed by atoms with Gasteiger partial charge in [0.05, 0.1) is 0 Å². The molecule has 0 aliphatic carbocycles. The summed E-state index contributed by atoms with van der Waals surface area (Å²) in [7, 11) is 0. The fourth-order valence-electron chi connectivity index (χ4n) is 13.9. The van der Waals surface area contributed by atoms with Crippen molar-refractivity contribution in [2.75, 3.05) is 0 Å². The molecule has 5 aliphatic heterocycles. The van der Waals surface area contributed by atoms with Gasteiger partial charge in [-0.05, 0) is 0 Å². The summed E-state index contributed by atoms with van der Waals surface area (Å²) in [6, 6.07) is 44.3. The minimum atomic E-state index is -2.58. The first kappa shape index (κ1) is 51.0. The Bertz CT molecular complexity index is 2460. The van der Waals surface area contributed by atoms with Crippen molar-refractivity contribution in [2.45, 2.75) is 176 Å². The Kier molecular flexibility index (Phi) is 15.0. The van der Waals surface area contributed by atoms with Gasteiger partial charge in [0.2, 0.25) is 0 Å². The van der Waals surface area contributed by atoms with E-state index in [0.29, 0.717) is 65.2 Å². The summed E-state index contributed by atoms with van der Waals surface area (Å²) in [5.41, 5.74) is 24.5. The SMILES string of the molecule is CC(C)c1cccc(C(C)C)c1-c1cccc(-c2c(C(C)C)cccc2C(C)C)[c]1[Ga]1[CH]2C=C[CH]3[CH]1C=C[CH]2[Ga]3[c]1c(-c2c(C(C)C)cccc2C(C)C)cccc1-c1c(C(C)C)cccc1C(C)C.